The summed E-state index contributed by atoms with van der Waals surface area (Å²) in [5.74, 6) is -0.0585. The Morgan fingerprint density at radius 3 is 2.32 bits per heavy atom. The van der Waals surface area contributed by atoms with Gasteiger partial charge in [0.25, 0.3) is 5.56 Å². The Labute approximate surface area is 166 Å². The summed E-state index contributed by atoms with van der Waals surface area (Å²) in [6, 6.07) is 7.95. The van der Waals surface area contributed by atoms with Gasteiger partial charge in [0.2, 0.25) is 5.91 Å². The van der Waals surface area contributed by atoms with Gasteiger partial charge in [-0.05, 0) is 36.5 Å². The fraction of sp³-hybridized carbons (Fsp3) is 0.400. The van der Waals surface area contributed by atoms with E-state index >= 15 is 0 Å². The first-order valence-corrected chi connectivity index (χ1v) is 9.20. The molecule has 4 nitrogen and oxygen atoms in total. The van der Waals surface area contributed by atoms with Crippen LogP contribution >= 0.6 is 11.6 Å². The second-order valence-electron chi connectivity index (χ2n) is 7.14. The topological polar surface area (TPSA) is 51.1 Å². The number of aromatic nitrogens is 1. The third kappa shape index (κ3) is 5.86. The van der Waals surface area contributed by atoms with Crippen LogP contribution in [-0.2, 0) is 23.9 Å². The van der Waals surface area contributed by atoms with Gasteiger partial charge in [0.1, 0.15) is 11.6 Å². The van der Waals surface area contributed by atoms with Gasteiger partial charge in [-0.1, -0.05) is 49.7 Å². The zero-order chi connectivity index (χ0) is 21.1. The maximum atomic E-state index is 12.9. The molecule has 0 saturated carbocycles. The highest BCUT2D eigenvalue weighted by Gasteiger charge is 2.32. The van der Waals surface area contributed by atoms with Gasteiger partial charge in [-0.25, -0.2) is 0 Å². The van der Waals surface area contributed by atoms with Crippen molar-refractivity contribution in [2.45, 2.75) is 46.0 Å². The third-order valence-electron chi connectivity index (χ3n) is 4.18. The molecule has 8 heteroatoms. The Bertz CT molecular complexity index is 890. The van der Waals surface area contributed by atoms with Crippen molar-refractivity contribution in [2.24, 2.45) is 5.92 Å². The number of benzene rings is 1. The Kier molecular flexibility index (Phi) is 6.93. The fourth-order valence-corrected chi connectivity index (χ4v) is 3.04. The number of halogens is 4. The Morgan fingerprint density at radius 2 is 1.79 bits per heavy atom. The Hall–Kier alpha value is -2.28. The first-order valence-electron chi connectivity index (χ1n) is 8.82. The number of alkyl halides is 3. The molecular weight excluding hydrogens is 393 g/mol. The predicted molar refractivity (Wildman–Crippen MR) is 102 cm³/mol. The quantitative estimate of drug-likeness (QED) is 0.751. The number of amides is 1. The molecule has 0 radical (unpaired) electrons. The molecule has 1 N–H and O–H groups in total. The molecular formula is C20H22ClF3N2O2. The van der Waals surface area contributed by atoms with Crippen LogP contribution in [0.5, 0.6) is 0 Å². The van der Waals surface area contributed by atoms with Gasteiger partial charge in [-0.2, -0.15) is 13.2 Å². The number of hydrogen-bond acceptors (Lipinski definition) is 2. The number of nitrogens with one attached hydrogen (secondary N) is 1. The minimum atomic E-state index is -4.67. The first-order chi connectivity index (χ1) is 13.0. The van der Waals surface area contributed by atoms with E-state index in [9.17, 15) is 22.8 Å². The minimum absolute atomic E-state index is 0.363. The maximum absolute atomic E-state index is 12.9. The molecule has 28 heavy (non-hydrogen) atoms. The summed E-state index contributed by atoms with van der Waals surface area (Å²) in [6.07, 6.45) is -3.12. The zero-order valence-electron chi connectivity index (χ0n) is 15.8. The van der Waals surface area contributed by atoms with Crippen LogP contribution in [0.1, 0.15) is 43.5 Å². The van der Waals surface area contributed by atoms with Crippen LogP contribution in [0, 0.1) is 5.92 Å². The molecule has 0 saturated heterocycles. The molecule has 0 spiro atoms. The van der Waals surface area contributed by atoms with E-state index in [1.807, 2.05) is 24.3 Å². The summed E-state index contributed by atoms with van der Waals surface area (Å²) < 4.78 is 39.3. The van der Waals surface area contributed by atoms with Crippen molar-refractivity contribution in [3.63, 3.8) is 0 Å². The van der Waals surface area contributed by atoms with Gasteiger partial charge in [0.05, 0.1) is 11.6 Å². The minimum Gasteiger partial charge on any atom is -0.348 e. The summed E-state index contributed by atoms with van der Waals surface area (Å²) >= 11 is 5.60. The van der Waals surface area contributed by atoms with Crippen molar-refractivity contribution >= 4 is 17.5 Å². The second-order valence-corrected chi connectivity index (χ2v) is 7.54. The van der Waals surface area contributed by atoms with Gasteiger partial charge in [-0.3, -0.25) is 9.59 Å². The molecule has 1 amide bonds. The van der Waals surface area contributed by atoms with E-state index in [1.165, 1.54) is 5.56 Å². The molecule has 0 bridgehead atoms. The summed E-state index contributed by atoms with van der Waals surface area (Å²) in [5.41, 5.74) is 0.104. The molecule has 0 aliphatic rings. The molecule has 0 aliphatic heterocycles. The molecule has 2 aromatic rings. The largest absolute Gasteiger partial charge is 0.417 e. The van der Waals surface area contributed by atoms with Crippen LogP contribution in [0.3, 0.4) is 0 Å². The van der Waals surface area contributed by atoms with Crippen molar-refractivity contribution in [3.8, 4) is 0 Å². The number of pyridine rings is 1. The van der Waals surface area contributed by atoms with Crippen molar-refractivity contribution in [1.82, 2.24) is 9.88 Å². The molecule has 0 fully saturated rings. The molecule has 0 unspecified atom stereocenters. The average Bonchev–Trinajstić information content (AvgIpc) is 2.57. The lowest BCUT2D eigenvalue weighted by atomic mass is 10.00. The van der Waals surface area contributed by atoms with Crippen LogP contribution in [0.25, 0.3) is 0 Å². The number of carbonyl (C=O) groups is 1. The van der Waals surface area contributed by atoms with E-state index in [1.54, 1.807) is 6.92 Å². The van der Waals surface area contributed by atoms with E-state index in [2.05, 4.69) is 19.2 Å². The molecule has 152 valence electrons. The number of hydrogen-bond donors (Lipinski definition) is 1. The zero-order valence-corrected chi connectivity index (χ0v) is 16.6. The SMILES string of the molecule is CC(C)Cc1ccc([C@@H](C)NC(=O)Cn2cc(C(F)(F)F)cc(Cl)c2=O)cc1. The van der Waals surface area contributed by atoms with Crippen molar-refractivity contribution in [2.75, 3.05) is 0 Å². The highest BCUT2D eigenvalue weighted by molar-refractivity contribution is 6.30. The van der Waals surface area contributed by atoms with Crippen molar-refractivity contribution < 1.29 is 18.0 Å². The van der Waals surface area contributed by atoms with Crippen molar-refractivity contribution in [1.29, 1.82) is 0 Å². The molecule has 2 rings (SSSR count). The van der Waals surface area contributed by atoms with Gasteiger partial charge < -0.3 is 9.88 Å². The maximum Gasteiger partial charge on any atom is 0.417 e. The molecule has 1 atom stereocenters. The number of rotatable bonds is 6. The highest BCUT2D eigenvalue weighted by atomic mass is 35.5. The second kappa shape index (κ2) is 8.82. The lowest BCUT2D eigenvalue weighted by Crippen LogP contribution is -2.34. The average molecular weight is 415 g/mol. The molecule has 0 aliphatic carbocycles. The van der Waals surface area contributed by atoms with Crippen LogP contribution in [-0.4, -0.2) is 10.5 Å². The van der Waals surface area contributed by atoms with E-state index in [4.69, 9.17) is 11.6 Å². The van der Waals surface area contributed by atoms with Crippen LogP contribution in [0.2, 0.25) is 5.02 Å². The summed E-state index contributed by atoms with van der Waals surface area (Å²) in [5, 5.41) is 2.10. The smallest absolute Gasteiger partial charge is 0.348 e. The predicted octanol–water partition coefficient (Wildman–Crippen LogP) is 4.60. The normalized spacial score (nSPS) is 12.9. The summed E-state index contributed by atoms with van der Waals surface area (Å²) in [4.78, 5) is 24.2. The molecule has 1 aromatic carbocycles. The van der Waals surface area contributed by atoms with E-state index in [-0.39, 0.29) is 6.04 Å². The van der Waals surface area contributed by atoms with Gasteiger partial charge in [0.15, 0.2) is 0 Å². The first kappa shape index (κ1) is 22.0. The van der Waals surface area contributed by atoms with Gasteiger partial charge in [0, 0.05) is 6.20 Å². The molecule has 1 aromatic heterocycles. The monoisotopic (exact) mass is 414 g/mol. The summed E-state index contributed by atoms with van der Waals surface area (Å²) in [7, 11) is 0. The van der Waals surface area contributed by atoms with Crippen molar-refractivity contribution in [3.05, 3.63) is 68.6 Å². The molecule has 1 heterocycles. The van der Waals surface area contributed by atoms with Crippen LogP contribution in [0.4, 0.5) is 13.2 Å². The number of carbonyl (C=O) groups excluding carboxylic acids is 1. The Balaban J connectivity index is 2.09. The summed E-state index contributed by atoms with van der Waals surface area (Å²) in [6.45, 7) is 5.45. The van der Waals surface area contributed by atoms with Gasteiger partial charge in [-0.15, -0.1) is 0 Å². The third-order valence-corrected chi connectivity index (χ3v) is 4.46. The van der Waals surface area contributed by atoms with E-state index in [0.29, 0.717) is 22.7 Å². The lowest BCUT2D eigenvalue weighted by Gasteiger charge is -2.16. The standard InChI is InChI=1S/C20H22ClF3N2O2/c1-12(2)8-14-4-6-15(7-5-14)13(3)25-18(27)11-26-10-16(20(22,23)24)9-17(21)19(26)28/h4-7,9-10,12-13H,8,11H2,1-3H3,(H,25,27)/t13-/m1/s1. The Morgan fingerprint density at radius 1 is 1.18 bits per heavy atom. The highest BCUT2D eigenvalue weighted by Crippen LogP contribution is 2.29. The van der Waals surface area contributed by atoms with E-state index in [0.717, 1.165) is 12.0 Å². The van der Waals surface area contributed by atoms with E-state index < -0.39 is 34.8 Å². The van der Waals surface area contributed by atoms with Crippen LogP contribution < -0.4 is 10.9 Å². The fourth-order valence-electron chi connectivity index (χ4n) is 2.81. The van der Waals surface area contributed by atoms with Crippen LogP contribution in [0.15, 0.2) is 41.3 Å². The van der Waals surface area contributed by atoms with Gasteiger partial charge >= 0.3 is 6.18 Å². The number of nitrogens with zero attached hydrogens (tertiary/aromatic N) is 1. The lowest BCUT2D eigenvalue weighted by molar-refractivity contribution is -0.138.